The lowest BCUT2D eigenvalue weighted by Crippen LogP contribution is -2.44. The zero-order valence-electron chi connectivity index (χ0n) is 11.8. The average molecular weight is 309 g/mol. The second kappa shape index (κ2) is 4.98. The van der Waals surface area contributed by atoms with Crippen LogP contribution >= 0.6 is 11.6 Å². The second-order valence-corrected chi connectivity index (χ2v) is 6.31. The van der Waals surface area contributed by atoms with E-state index in [1.165, 1.54) is 12.4 Å². The first-order valence-corrected chi connectivity index (χ1v) is 7.54. The summed E-state index contributed by atoms with van der Waals surface area (Å²) in [7, 11) is 0. The predicted molar refractivity (Wildman–Crippen MR) is 77.2 cm³/mol. The van der Waals surface area contributed by atoms with Crippen LogP contribution in [0.1, 0.15) is 43.0 Å². The van der Waals surface area contributed by atoms with Gasteiger partial charge in [0, 0.05) is 24.5 Å². The molecule has 0 unspecified atom stereocenters. The minimum Gasteiger partial charge on any atom is -0.481 e. The maximum absolute atomic E-state index is 12.7. The van der Waals surface area contributed by atoms with Crippen LogP contribution in [0.3, 0.4) is 0 Å². The number of carboxylic acids is 1. The first kappa shape index (κ1) is 14.3. The minimum atomic E-state index is -0.801. The maximum atomic E-state index is 12.7. The van der Waals surface area contributed by atoms with E-state index in [1.807, 2.05) is 6.92 Å². The van der Waals surface area contributed by atoms with E-state index >= 15 is 0 Å². The Hall–Kier alpha value is -1.62. The van der Waals surface area contributed by atoms with Gasteiger partial charge >= 0.3 is 5.97 Å². The molecule has 112 valence electrons. The Bertz CT molecular complexity index is 606. The average Bonchev–Trinajstić information content (AvgIpc) is 3.02. The van der Waals surface area contributed by atoms with Gasteiger partial charge < -0.3 is 10.0 Å². The number of hydrogen-bond acceptors (Lipinski definition) is 3. The van der Waals surface area contributed by atoms with Crippen LogP contribution in [0.2, 0.25) is 5.02 Å². The summed E-state index contributed by atoms with van der Waals surface area (Å²) in [6.45, 7) is 1.89. The molecule has 1 aromatic rings. The number of aromatic nitrogens is 1. The van der Waals surface area contributed by atoms with Crippen LogP contribution in [-0.4, -0.2) is 39.0 Å². The molecule has 0 aliphatic carbocycles. The molecule has 1 aromatic heterocycles. The van der Waals surface area contributed by atoms with Gasteiger partial charge in [0.2, 0.25) is 0 Å². The van der Waals surface area contributed by atoms with Gasteiger partial charge in [-0.2, -0.15) is 0 Å². The molecule has 1 amide bonds. The monoisotopic (exact) mass is 308 g/mol. The molecule has 3 atom stereocenters. The van der Waals surface area contributed by atoms with Crippen molar-refractivity contribution in [3.63, 3.8) is 0 Å². The molecule has 6 heteroatoms. The lowest BCUT2D eigenvalue weighted by Gasteiger charge is -2.32. The number of amides is 1. The van der Waals surface area contributed by atoms with Crippen molar-refractivity contribution in [1.82, 2.24) is 9.88 Å². The standard InChI is InChI=1S/C15H17ClN2O3/c1-2-15(14(20)21)6-11-3-4-12(15)18(11)13(19)9-5-10(16)8-17-7-9/h5,7-8,11-12H,2-4,6H2,1H3,(H,20,21)/t11-,12+,15+/m0/s1. The van der Waals surface area contributed by atoms with Gasteiger partial charge in [-0.15, -0.1) is 0 Å². The van der Waals surface area contributed by atoms with E-state index < -0.39 is 11.4 Å². The quantitative estimate of drug-likeness (QED) is 0.931. The Labute approximate surface area is 127 Å². The molecule has 1 N–H and O–H groups in total. The van der Waals surface area contributed by atoms with E-state index in [9.17, 15) is 14.7 Å². The Morgan fingerprint density at radius 1 is 1.48 bits per heavy atom. The van der Waals surface area contributed by atoms with Crippen LogP contribution in [0.25, 0.3) is 0 Å². The number of carboxylic acid groups (broad SMARTS) is 1. The van der Waals surface area contributed by atoms with E-state index in [0.29, 0.717) is 23.4 Å². The highest BCUT2D eigenvalue weighted by Gasteiger charge is 2.60. The maximum Gasteiger partial charge on any atom is 0.311 e. The lowest BCUT2D eigenvalue weighted by molar-refractivity contribution is -0.151. The first-order chi connectivity index (χ1) is 9.99. The fraction of sp³-hybridized carbons (Fsp3) is 0.533. The molecule has 0 radical (unpaired) electrons. The largest absolute Gasteiger partial charge is 0.481 e. The summed E-state index contributed by atoms with van der Waals surface area (Å²) in [6, 6.07) is 1.37. The van der Waals surface area contributed by atoms with Crippen molar-refractivity contribution >= 4 is 23.5 Å². The van der Waals surface area contributed by atoms with Gasteiger partial charge in [-0.3, -0.25) is 14.6 Å². The highest BCUT2D eigenvalue weighted by atomic mass is 35.5. The van der Waals surface area contributed by atoms with Gasteiger partial charge in [-0.05, 0) is 31.7 Å². The number of aliphatic carboxylic acids is 1. The van der Waals surface area contributed by atoms with Crippen LogP contribution in [0, 0.1) is 5.41 Å². The predicted octanol–water partition coefficient (Wildman–Crippen LogP) is 2.59. The Kier molecular flexibility index (Phi) is 3.40. The molecule has 3 heterocycles. The smallest absolute Gasteiger partial charge is 0.311 e. The number of nitrogens with zero attached hydrogens (tertiary/aromatic N) is 2. The number of carbonyl (C=O) groups is 2. The lowest BCUT2D eigenvalue weighted by atomic mass is 9.72. The van der Waals surface area contributed by atoms with Crippen molar-refractivity contribution in [2.75, 3.05) is 0 Å². The minimum absolute atomic E-state index is 0.0116. The van der Waals surface area contributed by atoms with E-state index in [4.69, 9.17) is 11.6 Å². The van der Waals surface area contributed by atoms with Gasteiger partial charge in [-0.1, -0.05) is 18.5 Å². The normalized spacial score (nSPS) is 30.7. The highest BCUT2D eigenvalue weighted by Crippen LogP contribution is 2.52. The Morgan fingerprint density at radius 3 is 2.81 bits per heavy atom. The molecule has 2 bridgehead atoms. The van der Waals surface area contributed by atoms with Crippen molar-refractivity contribution in [2.24, 2.45) is 5.41 Å². The summed E-state index contributed by atoms with van der Waals surface area (Å²) < 4.78 is 0. The van der Waals surface area contributed by atoms with E-state index in [-0.39, 0.29) is 18.0 Å². The third-order valence-corrected chi connectivity index (χ3v) is 5.19. The van der Waals surface area contributed by atoms with E-state index in [2.05, 4.69) is 4.98 Å². The third kappa shape index (κ3) is 2.02. The molecule has 0 spiro atoms. The fourth-order valence-corrected chi connectivity index (χ4v) is 4.10. The van der Waals surface area contributed by atoms with Crippen molar-refractivity contribution in [2.45, 2.75) is 44.7 Å². The molecule has 3 rings (SSSR count). The summed E-state index contributed by atoms with van der Waals surface area (Å²) >= 11 is 5.89. The van der Waals surface area contributed by atoms with Crippen LogP contribution in [0.15, 0.2) is 18.5 Å². The fourth-order valence-electron chi connectivity index (χ4n) is 3.93. The van der Waals surface area contributed by atoms with Crippen molar-refractivity contribution in [1.29, 1.82) is 0 Å². The molecule has 2 aliphatic heterocycles. The topological polar surface area (TPSA) is 70.5 Å². The molecule has 2 fully saturated rings. The summed E-state index contributed by atoms with van der Waals surface area (Å²) in [4.78, 5) is 30.2. The van der Waals surface area contributed by atoms with Crippen LogP contribution in [0.4, 0.5) is 0 Å². The van der Waals surface area contributed by atoms with Gasteiger partial charge in [0.1, 0.15) is 0 Å². The summed E-state index contributed by atoms with van der Waals surface area (Å²) in [5, 5.41) is 10.0. The molecule has 0 saturated carbocycles. The molecule has 5 nitrogen and oxygen atoms in total. The van der Waals surface area contributed by atoms with Gasteiger partial charge in [-0.25, -0.2) is 0 Å². The third-order valence-electron chi connectivity index (χ3n) is 4.98. The van der Waals surface area contributed by atoms with E-state index in [1.54, 1.807) is 11.0 Å². The number of rotatable bonds is 3. The molecule has 2 saturated heterocycles. The summed E-state index contributed by atoms with van der Waals surface area (Å²) in [6.07, 6.45) is 5.68. The zero-order chi connectivity index (χ0) is 15.2. The number of hydrogen-bond donors (Lipinski definition) is 1. The van der Waals surface area contributed by atoms with E-state index in [0.717, 1.165) is 12.8 Å². The second-order valence-electron chi connectivity index (χ2n) is 5.87. The molecular weight excluding hydrogens is 292 g/mol. The van der Waals surface area contributed by atoms with Gasteiger partial charge in [0.25, 0.3) is 5.91 Å². The molecule has 21 heavy (non-hydrogen) atoms. The van der Waals surface area contributed by atoms with Gasteiger partial charge in [0.15, 0.2) is 0 Å². The Morgan fingerprint density at radius 2 is 2.24 bits per heavy atom. The Balaban J connectivity index is 1.94. The number of fused-ring (bicyclic) bond motifs is 2. The summed E-state index contributed by atoms with van der Waals surface area (Å²) in [5.74, 6) is -0.951. The van der Waals surface area contributed by atoms with Crippen molar-refractivity contribution < 1.29 is 14.7 Å². The van der Waals surface area contributed by atoms with Crippen molar-refractivity contribution in [3.8, 4) is 0 Å². The molecule has 2 aliphatic rings. The molecule has 0 aromatic carbocycles. The van der Waals surface area contributed by atoms with Crippen LogP contribution in [0.5, 0.6) is 0 Å². The number of pyridine rings is 1. The first-order valence-electron chi connectivity index (χ1n) is 7.16. The number of carbonyl (C=O) groups excluding carboxylic acids is 1. The number of halogens is 1. The van der Waals surface area contributed by atoms with Gasteiger partial charge in [0.05, 0.1) is 16.0 Å². The van der Waals surface area contributed by atoms with Crippen LogP contribution in [-0.2, 0) is 4.79 Å². The SMILES string of the molecule is CC[C@@]1(C(=O)O)C[C@@H]2CC[C@H]1N2C(=O)c1cncc(Cl)c1. The highest BCUT2D eigenvalue weighted by molar-refractivity contribution is 6.30. The van der Waals surface area contributed by atoms with Crippen molar-refractivity contribution in [3.05, 3.63) is 29.0 Å². The van der Waals surface area contributed by atoms with Crippen LogP contribution < -0.4 is 0 Å². The summed E-state index contributed by atoms with van der Waals surface area (Å²) in [5.41, 5.74) is -0.374. The zero-order valence-corrected chi connectivity index (χ0v) is 12.5. The molecular formula is C15H17ClN2O3.